The molecule has 1 aromatic rings. The van der Waals surface area contributed by atoms with E-state index in [1.54, 1.807) is 0 Å². The van der Waals surface area contributed by atoms with Crippen molar-refractivity contribution in [3.05, 3.63) is 35.4 Å². The second kappa shape index (κ2) is 8.50. The maximum atomic E-state index is 12.5. The summed E-state index contributed by atoms with van der Waals surface area (Å²) in [4.78, 5) is 15.0. The van der Waals surface area contributed by atoms with Gasteiger partial charge in [0.2, 0.25) is 15.9 Å². The van der Waals surface area contributed by atoms with Crippen LogP contribution in [-0.2, 0) is 27.9 Å². The summed E-state index contributed by atoms with van der Waals surface area (Å²) < 4.78 is 24.6. The second-order valence-electron chi connectivity index (χ2n) is 7.41. The number of piperidine rings is 1. The van der Waals surface area contributed by atoms with Gasteiger partial charge in [0.15, 0.2) is 0 Å². The molecule has 7 heteroatoms. The van der Waals surface area contributed by atoms with Gasteiger partial charge in [-0.05, 0) is 49.9 Å². The van der Waals surface area contributed by atoms with Gasteiger partial charge in [0, 0.05) is 32.1 Å². The van der Waals surface area contributed by atoms with E-state index >= 15 is 0 Å². The molecule has 2 saturated heterocycles. The van der Waals surface area contributed by atoms with Crippen molar-refractivity contribution in [2.45, 2.75) is 38.8 Å². The number of benzene rings is 1. The number of hydrogen-bond donors (Lipinski definition) is 1. The highest BCUT2D eigenvalue weighted by molar-refractivity contribution is 7.88. The van der Waals surface area contributed by atoms with E-state index in [1.165, 1.54) is 34.5 Å². The van der Waals surface area contributed by atoms with Crippen molar-refractivity contribution in [2.75, 3.05) is 32.4 Å². The van der Waals surface area contributed by atoms with Gasteiger partial charge in [-0.3, -0.25) is 9.69 Å². The van der Waals surface area contributed by atoms with E-state index in [0.717, 1.165) is 19.6 Å². The third-order valence-corrected chi connectivity index (χ3v) is 6.76. The summed E-state index contributed by atoms with van der Waals surface area (Å²) in [5.41, 5.74) is 2.45. The van der Waals surface area contributed by atoms with E-state index in [9.17, 15) is 13.2 Å². The number of hydrogen-bond acceptors (Lipinski definition) is 4. The monoisotopic (exact) mass is 379 g/mol. The van der Waals surface area contributed by atoms with Crippen LogP contribution < -0.4 is 5.32 Å². The van der Waals surface area contributed by atoms with Crippen LogP contribution in [0.25, 0.3) is 0 Å². The fourth-order valence-corrected chi connectivity index (χ4v) is 4.72. The van der Waals surface area contributed by atoms with Crippen LogP contribution in [0.15, 0.2) is 24.3 Å². The first-order valence-electron chi connectivity index (χ1n) is 9.45. The predicted octanol–water partition coefficient (Wildman–Crippen LogP) is 1.57. The van der Waals surface area contributed by atoms with Crippen LogP contribution in [0.5, 0.6) is 0 Å². The van der Waals surface area contributed by atoms with E-state index in [0.29, 0.717) is 32.5 Å². The predicted molar refractivity (Wildman–Crippen MR) is 102 cm³/mol. The third kappa shape index (κ3) is 5.05. The van der Waals surface area contributed by atoms with Gasteiger partial charge in [0.25, 0.3) is 0 Å². The molecular weight excluding hydrogens is 350 g/mol. The lowest BCUT2D eigenvalue weighted by atomic mass is 9.97. The molecule has 0 bridgehead atoms. The van der Waals surface area contributed by atoms with E-state index < -0.39 is 10.0 Å². The zero-order valence-corrected chi connectivity index (χ0v) is 16.3. The molecule has 6 nitrogen and oxygen atoms in total. The average Bonchev–Trinajstić information content (AvgIpc) is 3.13. The summed E-state index contributed by atoms with van der Waals surface area (Å²) in [5, 5.41) is 3.06. The summed E-state index contributed by atoms with van der Waals surface area (Å²) in [6.45, 7) is 4.65. The Labute approximate surface area is 156 Å². The van der Waals surface area contributed by atoms with Crippen LogP contribution in [0.2, 0.25) is 0 Å². The number of carbonyl (C=O) groups is 1. The van der Waals surface area contributed by atoms with Gasteiger partial charge in [-0.2, -0.15) is 0 Å². The SMILES string of the molecule is CS(=O)(=O)N1CCC(C(=O)NCc2ccccc2CN2CCCC2)CC1. The molecule has 26 heavy (non-hydrogen) atoms. The topological polar surface area (TPSA) is 69.7 Å². The minimum atomic E-state index is -3.15. The highest BCUT2D eigenvalue weighted by atomic mass is 32.2. The van der Waals surface area contributed by atoms with E-state index in [-0.39, 0.29) is 11.8 Å². The summed E-state index contributed by atoms with van der Waals surface area (Å²) >= 11 is 0. The number of amides is 1. The number of carbonyl (C=O) groups excluding carboxylic acids is 1. The van der Waals surface area contributed by atoms with Gasteiger partial charge in [0.1, 0.15) is 0 Å². The van der Waals surface area contributed by atoms with Gasteiger partial charge in [-0.15, -0.1) is 0 Å². The average molecular weight is 380 g/mol. The van der Waals surface area contributed by atoms with E-state index in [4.69, 9.17) is 0 Å². The molecule has 0 radical (unpaired) electrons. The number of likely N-dealkylation sites (tertiary alicyclic amines) is 1. The molecule has 2 fully saturated rings. The molecule has 1 aromatic carbocycles. The molecule has 0 atom stereocenters. The zero-order chi connectivity index (χ0) is 18.6. The van der Waals surface area contributed by atoms with Gasteiger partial charge in [-0.25, -0.2) is 12.7 Å². The smallest absolute Gasteiger partial charge is 0.223 e. The van der Waals surface area contributed by atoms with Crippen LogP contribution in [0.1, 0.15) is 36.8 Å². The highest BCUT2D eigenvalue weighted by Gasteiger charge is 2.28. The summed E-state index contributed by atoms with van der Waals surface area (Å²) in [6.07, 6.45) is 4.95. The van der Waals surface area contributed by atoms with Gasteiger partial charge < -0.3 is 5.32 Å². The van der Waals surface area contributed by atoms with Crippen LogP contribution in [0.4, 0.5) is 0 Å². The van der Waals surface area contributed by atoms with Crippen molar-refractivity contribution in [2.24, 2.45) is 5.92 Å². The lowest BCUT2D eigenvalue weighted by Crippen LogP contribution is -2.42. The Morgan fingerprint density at radius 2 is 1.69 bits per heavy atom. The first-order chi connectivity index (χ1) is 12.4. The van der Waals surface area contributed by atoms with Crippen LogP contribution in [0.3, 0.4) is 0 Å². The normalized spacial score (nSPS) is 20.3. The van der Waals surface area contributed by atoms with E-state index in [1.807, 2.05) is 6.07 Å². The molecular formula is C19H29N3O3S. The van der Waals surface area contributed by atoms with E-state index in [2.05, 4.69) is 28.4 Å². The van der Waals surface area contributed by atoms with Crippen molar-refractivity contribution in [3.8, 4) is 0 Å². The molecule has 2 aliphatic rings. The molecule has 0 spiro atoms. The van der Waals surface area contributed by atoms with Crippen molar-refractivity contribution < 1.29 is 13.2 Å². The molecule has 0 unspecified atom stereocenters. The van der Waals surface area contributed by atoms with Crippen molar-refractivity contribution >= 4 is 15.9 Å². The molecule has 0 aliphatic carbocycles. The third-order valence-electron chi connectivity index (χ3n) is 5.46. The van der Waals surface area contributed by atoms with Gasteiger partial charge in [0.05, 0.1) is 6.26 Å². The Balaban J connectivity index is 1.52. The summed E-state index contributed by atoms with van der Waals surface area (Å²) in [5.74, 6) is -0.0622. The standard InChI is InChI=1S/C19H29N3O3S/c1-26(24,25)22-12-8-16(9-13-22)19(23)20-14-17-6-2-3-7-18(17)15-21-10-4-5-11-21/h2-3,6-7,16H,4-5,8-15H2,1H3,(H,20,23). The molecule has 0 saturated carbocycles. The first kappa shape index (κ1) is 19.3. The second-order valence-corrected chi connectivity index (χ2v) is 9.39. The molecule has 1 N–H and O–H groups in total. The molecule has 2 heterocycles. The fourth-order valence-electron chi connectivity index (χ4n) is 3.84. The highest BCUT2D eigenvalue weighted by Crippen LogP contribution is 2.20. The van der Waals surface area contributed by atoms with Crippen molar-refractivity contribution in [1.29, 1.82) is 0 Å². The summed E-state index contributed by atoms with van der Waals surface area (Å²) in [7, 11) is -3.15. The number of sulfonamides is 1. The lowest BCUT2D eigenvalue weighted by molar-refractivity contribution is -0.126. The largest absolute Gasteiger partial charge is 0.352 e. The number of rotatable bonds is 6. The van der Waals surface area contributed by atoms with Crippen LogP contribution in [-0.4, -0.2) is 56.0 Å². The Kier molecular flexibility index (Phi) is 6.32. The molecule has 2 aliphatic heterocycles. The summed E-state index contributed by atoms with van der Waals surface area (Å²) in [6, 6.07) is 8.29. The van der Waals surface area contributed by atoms with Crippen LogP contribution in [0, 0.1) is 5.92 Å². The molecule has 3 rings (SSSR count). The molecule has 0 aromatic heterocycles. The Morgan fingerprint density at radius 1 is 1.08 bits per heavy atom. The van der Waals surface area contributed by atoms with Crippen molar-refractivity contribution in [1.82, 2.24) is 14.5 Å². The quantitative estimate of drug-likeness (QED) is 0.815. The maximum absolute atomic E-state index is 12.5. The first-order valence-corrected chi connectivity index (χ1v) is 11.3. The Bertz CT molecular complexity index is 721. The Morgan fingerprint density at radius 3 is 2.31 bits per heavy atom. The minimum absolute atomic E-state index is 0.0362. The fraction of sp³-hybridized carbons (Fsp3) is 0.632. The van der Waals surface area contributed by atoms with Crippen molar-refractivity contribution in [3.63, 3.8) is 0 Å². The maximum Gasteiger partial charge on any atom is 0.223 e. The lowest BCUT2D eigenvalue weighted by Gasteiger charge is -2.29. The number of nitrogens with one attached hydrogen (secondary N) is 1. The Hall–Kier alpha value is -1.44. The van der Waals surface area contributed by atoms with Gasteiger partial charge in [-0.1, -0.05) is 24.3 Å². The molecule has 1 amide bonds. The van der Waals surface area contributed by atoms with Crippen LogP contribution >= 0.6 is 0 Å². The van der Waals surface area contributed by atoms with Gasteiger partial charge >= 0.3 is 0 Å². The zero-order valence-electron chi connectivity index (χ0n) is 15.5. The number of nitrogens with zero attached hydrogens (tertiary/aromatic N) is 2. The molecule has 144 valence electrons. The minimum Gasteiger partial charge on any atom is -0.352 e.